The third kappa shape index (κ3) is 2.20. The van der Waals surface area contributed by atoms with Crippen molar-refractivity contribution in [2.45, 2.75) is 44.7 Å². The molecule has 0 aromatic heterocycles. The Hall–Kier alpha value is -0.280. The van der Waals surface area contributed by atoms with Crippen LogP contribution in [0.4, 0.5) is 0 Å². The summed E-state index contributed by atoms with van der Waals surface area (Å²) < 4.78 is 0. The van der Waals surface area contributed by atoms with E-state index in [9.17, 15) is 4.79 Å². The Bertz CT molecular complexity index is 216. The quantitative estimate of drug-likeness (QED) is 0.756. The molecular weight excluding hydrogens is 200 g/mol. The third-order valence-corrected chi connectivity index (χ3v) is 3.14. The minimum atomic E-state index is -0.320. The zero-order chi connectivity index (χ0) is 9.42. The SMILES string of the molecule is C[C@@H](N)C(=O)N1CCCC1C1CC1.Cl. The zero-order valence-corrected chi connectivity index (χ0v) is 9.43. The number of carbonyl (C=O) groups excluding carboxylic acids is 1. The summed E-state index contributed by atoms with van der Waals surface area (Å²) in [5.41, 5.74) is 5.61. The lowest BCUT2D eigenvalue weighted by molar-refractivity contribution is -0.133. The first kappa shape index (κ1) is 11.8. The highest BCUT2D eigenvalue weighted by molar-refractivity contribution is 5.85. The van der Waals surface area contributed by atoms with Gasteiger partial charge in [0.1, 0.15) is 0 Å². The summed E-state index contributed by atoms with van der Waals surface area (Å²) in [5.74, 6) is 0.944. The molecule has 14 heavy (non-hydrogen) atoms. The number of hydrogen-bond donors (Lipinski definition) is 1. The molecule has 2 rings (SSSR count). The van der Waals surface area contributed by atoms with Crippen LogP contribution in [-0.2, 0) is 4.79 Å². The summed E-state index contributed by atoms with van der Waals surface area (Å²) in [6.07, 6.45) is 4.99. The van der Waals surface area contributed by atoms with Crippen molar-refractivity contribution in [3.05, 3.63) is 0 Å². The van der Waals surface area contributed by atoms with Gasteiger partial charge in [-0.3, -0.25) is 4.79 Å². The highest BCUT2D eigenvalue weighted by atomic mass is 35.5. The topological polar surface area (TPSA) is 46.3 Å². The molecule has 0 aromatic rings. The van der Waals surface area contributed by atoms with Crippen molar-refractivity contribution in [3.63, 3.8) is 0 Å². The lowest BCUT2D eigenvalue weighted by Crippen LogP contribution is -2.45. The van der Waals surface area contributed by atoms with Crippen molar-refractivity contribution in [3.8, 4) is 0 Å². The number of likely N-dealkylation sites (tertiary alicyclic amines) is 1. The maximum atomic E-state index is 11.7. The predicted octanol–water partition coefficient (Wildman–Crippen LogP) is 1.16. The molecule has 1 aliphatic carbocycles. The Morgan fingerprint density at radius 2 is 2.07 bits per heavy atom. The number of carbonyl (C=O) groups is 1. The van der Waals surface area contributed by atoms with Crippen molar-refractivity contribution >= 4 is 18.3 Å². The molecule has 1 amide bonds. The second kappa shape index (κ2) is 4.49. The van der Waals surface area contributed by atoms with E-state index < -0.39 is 0 Å². The molecule has 82 valence electrons. The molecule has 2 aliphatic rings. The molecule has 2 atom stereocenters. The van der Waals surface area contributed by atoms with Gasteiger partial charge < -0.3 is 10.6 Å². The zero-order valence-electron chi connectivity index (χ0n) is 8.61. The molecule has 0 aromatic carbocycles. The normalized spacial score (nSPS) is 28.4. The highest BCUT2D eigenvalue weighted by Crippen LogP contribution is 2.40. The summed E-state index contributed by atoms with van der Waals surface area (Å²) in [5, 5.41) is 0. The largest absolute Gasteiger partial charge is 0.338 e. The van der Waals surface area contributed by atoms with Gasteiger partial charge in [-0.25, -0.2) is 0 Å². The van der Waals surface area contributed by atoms with Gasteiger partial charge in [-0.2, -0.15) is 0 Å². The van der Waals surface area contributed by atoms with Gasteiger partial charge in [-0.05, 0) is 38.5 Å². The van der Waals surface area contributed by atoms with Crippen LogP contribution in [0.3, 0.4) is 0 Å². The van der Waals surface area contributed by atoms with Crippen LogP contribution < -0.4 is 5.73 Å². The van der Waals surface area contributed by atoms with E-state index in [0.29, 0.717) is 6.04 Å². The van der Waals surface area contributed by atoms with E-state index >= 15 is 0 Å². The minimum Gasteiger partial charge on any atom is -0.338 e. The fourth-order valence-corrected chi connectivity index (χ4v) is 2.30. The Kier molecular flexibility index (Phi) is 3.78. The second-order valence-electron chi connectivity index (χ2n) is 4.37. The number of nitrogens with zero attached hydrogens (tertiary/aromatic N) is 1. The Labute approximate surface area is 91.4 Å². The molecule has 0 bridgehead atoms. The van der Waals surface area contributed by atoms with Crippen LogP contribution in [0.25, 0.3) is 0 Å². The highest BCUT2D eigenvalue weighted by Gasteiger charge is 2.40. The van der Waals surface area contributed by atoms with Gasteiger partial charge in [-0.1, -0.05) is 0 Å². The van der Waals surface area contributed by atoms with E-state index in [1.807, 2.05) is 4.90 Å². The average molecular weight is 219 g/mol. The lowest BCUT2D eigenvalue weighted by Gasteiger charge is -2.26. The average Bonchev–Trinajstić information content (AvgIpc) is 2.83. The Balaban J connectivity index is 0.000000980. The van der Waals surface area contributed by atoms with Crippen molar-refractivity contribution in [2.24, 2.45) is 11.7 Å². The first-order valence-electron chi connectivity index (χ1n) is 5.26. The molecule has 1 aliphatic heterocycles. The molecule has 1 saturated heterocycles. The van der Waals surface area contributed by atoms with Gasteiger partial charge in [0.15, 0.2) is 0 Å². The first-order valence-corrected chi connectivity index (χ1v) is 5.26. The van der Waals surface area contributed by atoms with Gasteiger partial charge in [0.2, 0.25) is 5.91 Å². The molecule has 4 heteroatoms. The van der Waals surface area contributed by atoms with Crippen LogP contribution in [0, 0.1) is 5.92 Å². The van der Waals surface area contributed by atoms with Crippen LogP contribution in [0.5, 0.6) is 0 Å². The van der Waals surface area contributed by atoms with Gasteiger partial charge in [0.05, 0.1) is 6.04 Å². The van der Waals surface area contributed by atoms with E-state index in [2.05, 4.69) is 0 Å². The number of hydrogen-bond acceptors (Lipinski definition) is 2. The summed E-state index contributed by atoms with van der Waals surface area (Å²) in [6.45, 7) is 2.71. The second-order valence-corrected chi connectivity index (χ2v) is 4.37. The molecule has 3 nitrogen and oxygen atoms in total. The smallest absolute Gasteiger partial charge is 0.239 e. The fraction of sp³-hybridized carbons (Fsp3) is 0.900. The van der Waals surface area contributed by atoms with E-state index in [1.54, 1.807) is 6.92 Å². The fourth-order valence-electron chi connectivity index (χ4n) is 2.30. The Morgan fingerprint density at radius 1 is 1.43 bits per heavy atom. The van der Waals surface area contributed by atoms with E-state index in [4.69, 9.17) is 5.73 Å². The molecular formula is C10H19ClN2O. The van der Waals surface area contributed by atoms with Crippen LogP contribution in [0.1, 0.15) is 32.6 Å². The monoisotopic (exact) mass is 218 g/mol. The summed E-state index contributed by atoms with van der Waals surface area (Å²) in [7, 11) is 0. The maximum Gasteiger partial charge on any atom is 0.239 e. The van der Waals surface area contributed by atoms with E-state index in [-0.39, 0.29) is 24.4 Å². The summed E-state index contributed by atoms with van der Waals surface area (Å²) in [6, 6.07) is 0.206. The molecule has 1 saturated carbocycles. The minimum absolute atomic E-state index is 0. The molecule has 1 unspecified atom stereocenters. The number of halogens is 1. The molecule has 0 radical (unpaired) electrons. The molecule has 1 heterocycles. The van der Waals surface area contributed by atoms with E-state index in [0.717, 1.165) is 12.5 Å². The van der Waals surface area contributed by atoms with Gasteiger partial charge in [0, 0.05) is 12.6 Å². The lowest BCUT2D eigenvalue weighted by atomic mass is 10.1. The first-order chi connectivity index (χ1) is 6.20. The van der Waals surface area contributed by atoms with E-state index in [1.165, 1.54) is 25.7 Å². The van der Waals surface area contributed by atoms with Crippen LogP contribution in [0.2, 0.25) is 0 Å². The standard InChI is InChI=1S/C10H18N2O.ClH/c1-7(11)10(13)12-6-2-3-9(12)8-4-5-8;/h7-9H,2-6,11H2,1H3;1H/t7-,9?;/m1./s1. The Morgan fingerprint density at radius 3 is 2.57 bits per heavy atom. The summed E-state index contributed by atoms with van der Waals surface area (Å²) in [4.78, 5) is 13.7. The van der Waals surface area contributed by atoms with Gasteiger partial charge >= 0.3 is 0 Å². The van der Waals surface area contributed by atoms with Crippen LogP contribution in [-0.4, -0.2) is 29.4 Å². The van der Waals surface area contributed by atoms with Crippen LogP contribution >= 0.6 is 12.4 Å². The molecule has 0 spiro atoms. The van der Waals surface area contributed by atoms with Crippen molar-refractivity contribution < 1.29 is 4.79 Å². The van der Waals surface area contributed by atoms with Crippen molar-refractivity contribution in [2.75, 3.05) is 6.54 Å². The summed E-state index contributed by atoms with van der Waals surface area (Å²) >= 11 is 0. The van der Waals surface area contributed by atoms with Gasteiger partial charge in [-0.15, -0.1) is 12.4 Å². The van der Waals surface area contributed by atoms with Gasteiger partial charge in [0.25, 0.3) is 0 Å². The predicted molar refractivity (Wildman–Crippen MR) is 58.4 cm³/mol. The molecule has 2 fully saturated rings. The van der Waals surface area contributed by atoms with Crippen LogP contribution in [0.15, 0.2) is 0 Å². The molecule has 2 N–H and O–H groups in total. The maximum absolute atomic E-state index is 11.7. The number of amides is 1. The third-order valence-electron chi connectivity index (χ3n) is 3.14. The number of rotatable bonds is 2. The van der Waals surface area contributed by atoms with Crippen molar-refractivity contribution in [1.82, 2.24) is 4.90 Å². The van der Waals surface area contributed by atoms with Crippen molar-refractivity contribution in [1.29, 1.82) is 0 Å². The number of nitrogens with two attached hydrogens (primary N) is 1.